The number of carbonyl (C=O) groups is 1. The van der Waals surface area contributed by atoms with E-state index in [2.05, 4.69) is 21.2 Å². The van der Waals surface area contributed by atoms with Crippen molar-refractivity contribution in [1.82, 2.24) is 0 Å². The molecule has 0 saturated carbocycles. The predicted molar refractivity (Wildman–Crippen MR) is 106 cm³/mol. The molecule has 0 fully saturated rings. The fourth-order valence-electron chi connectivity index (χ4n) is 2.44. The monoisotopic (exact) mass is 411 g/mol. The number of hydrogen-bond acceptors (Lipinski definition) is 3. The maximum atomic E-state index is 12.7. The molecule has 3 aromatic carbocycles. The van der Waals surface area contributed by atoms with Crippen molar-refractivity contribution in [2.45, 2.75) is 6.61 Å². The first kappa shape index (κ1) is 18.0. The van der Waals surface area contributed by atoms with Crippen molar-refractivity contribution in [3.05, 3.63) is 88.4 Å². The maximum absolute atomic E-state index is 12.7. The zero-order chi connectivity index (χ0) is 18.4. The van der Waals surface area contributed by atoms with E-state index in [4.69, 9.17) is 9.47 Å². The molecule has 0 aliphatic rings. The van der Waals surface area contributed by atoms with Crippen LogP contribution in [-0.2, 0) is 6.61 Å². The Hall–Kier alpha value is -2.79. The van der Waals surface area contributed by atoms with Crippen LogP contribution in [-0.4, -0.2) is 13.0 Å². The summed E-state index contributed by atoms with van der Waals surface area (Å²) in [5.41, 5.74) is 2.15. The first-order valence-corrected chi connectivity index (χ1v) is 8.86. The van der Waals surface area contributed by atoms with Crippen LogP contribution in [0.5, 0.6) is 11.5 Å². The molecular formula is C21H18BrNO3. The van der Waals surface area contributed by atoms with E-state index in [1.807, 2.05) is 54.6 Å². The number of hydrogen-bond donors (Lipinski definition) is 1. The predicted octanol–water partition coefficient (Wildman–Crippen LogP) is 5.29. The summed E-state index contributed by atoms with van der Waals surface area (Å²) < 4.78 is 11.9. The Kier molecular flexibility index (Phi) is 5.92. The Balaban J connectivity index is 1.79. The first-order chi connectivity index (χ1) is 12.7. The van der Waals surface area contributed by atoms with Crippen molar-refractivity contribution in [2.24, 2.45) is 0 Å². The van der Waals surface area contributed by atoms with E-state index in [0.29, 0.717) is 29.4 Å². The summed E-state index contributed by atoms with van der Waals surface area (Å²) in [4.78, 5) is 12.7. The highest BCUT2D eigenvalue weighted by Crippen LogP contribution is 2.26. The SMILES string of the molecule is COc1cccc(NC(=O)c2cc(Br)ccc2OCc2ccccc2)c1. The van der Waals surface area contributed by atoms with Crippen LogP contribution in [0.25, 0.3) is 0 Å². The van der Waals surface area contributed by atoms with Crippen molar-refractivity contribution >= 4 is 27.5 Å². The third kappa shape index (κ3) is 4.64. The number of halogens is 1. The third-order valence-corrected chi connectivity index (χ3v) is 4.24. The molecule has 3 rings (SSSR count). The zero-order valence-electron chi connectivity index (χ0n) is 14.2. The van der Waals surface area contributed by atoms with Gasteiger partial charge >= 0.3 is 0 Å². The molecule has 0 bridgehead atoms. The Morgan fingerprint density at radius 3 is 2.58 bits per heavy atom. The van der Waals surface area contributed by atoms with Crippen LogP contribution in [0.1, 0.15) is 15.9 Å². The van der Waals surface area contributed by atoms with Gasteiger partial charge in [0.2, 0.25) is 0 Å². The summed E-state index contributed by atoms with van der Waals surface area (Å²) in [7, 11) is 1.59. The van der Waals surface area contributed by atoms with Crippen LogP contribution < -0.4 is 14.8 Å². The molecule has 0 saturated heterocycles. The molecule has 0 aliphatic heterocycles. The summed E-state index contributed by atoms with van der Waals surface area (Å²) in [6, 6.07) is 22.4. The lowest BCUT2D eigenvalue weighted by molar-refractivity contribution is 0.102. The highest BCUT2D eigenvalue weighted by molar-refractivity contribution is 9.10. The maximum Gasteiger partial charge on any atom is 0.259 e. The molecule has 0 spiro atoms. The molecule has 4 nitrogen and oxygen atoms in total. The van der Waals surface area contributed by atoms with Crippen LogP contribution >= 0.6 is 15.9 Å². The Labute approximate surface area is 160 Å². The van der Waals surface area contributed by atoms with Crippen LogP contribution in [0.15, 0.2) is 77.3 Å². The van der Waals surface area contributed by atoms with E-state index in [9.17, 15) is 4.79 Å². The summed E-state index contributed by atoms with van der Waals surface area (Å²) in [6.45, 7) is 0.391. The van der Waals surface area contributed by atoms with Crippen molar-refractivity contribution in [2.75, 3.05) is 12.4 Å². The minimum atomic E-state index is -0.248. The van der Waals surface area contributed by atoms with Gasteiger partial charge in [-0.05, 0) is 35.9 Å². The molecule has 5 heteroatoms. The van der Waals surface area contributed by atoms with E-state index in [-0.39, 0.29) is 5.91 Å². The topological polar surface area (TPSA) is 47.6 Å². The van der Waals surface area contributed by atoms with Crippen LogP contribution in [0.4, 0.5) is 5.69 Å². The van der Waals surface area contributed by atoms with Crippen molar-refractivity contribution < 1.29 is 14.3 Å². The summed E-state index contributed by atoms with van der Waals surface area (Å²) in [5.74, 6) is 0.956. The number of rotatable bonds is 6. The zero-order valence-corrected chi connectivity index (χ0v) is 15.8. The number of nitrogens with one attached hydrogen (secondary N) is 1. The van der Waals surface area contributed by atoms with Gasteiger partial charge in [-0.25, -0.2) is 0 Å². The van der Waals surface area contributed by atoms with E-state index >= 15 is 0 Å². The summed E-state index contributed by atoms with van der Waals surface area (Å²) in [6.07, 6.45) is 0. The molecule has 0 heterocycles. The fraction of sp³-hybridized carbons (Fsp3) is 0.0952. The Morgan fingerprint density at radius 1 is 1.00 bits per heavy atom. The standard InChI is InChI=1S/C21H18BrNO3/c1-25-18-9-5-8-17(13-18)23-21(24)19-12-16(22)10-11-20(19)26-14-15-6-3-2-4-7-15/h2-13H,14H2,1H3,(H,23,24). The molecule has 0 radical (unpaired) electrons. The second-order valence-electron chi connectivity index (χ2n) is 5.60. The van der Waals surface area contributed by atoms with E-state index in [0.717, 1.165) is 10.0 Å². The summed E-state index contributed by atoms with van der Waals surface area (Å²) >= 11 is 3.41. The largest absolute Gasteiger partial charge is 0.497 e. The first-order valence-electron chi connectivity index (χ1n) is 8.07. The van der Waals surface area contributed by atoms with Gasteiger partial charge in [0.05, 0.1) is 12.7 Å². The second-order valence-corrected chi connectivity index (χ2v) is 6.52. The minimum absolute atomic E-state index is 0.248. The Morgan fingerprint density at radius 2 is 1.81 bits per heavy atom. The van der Waals surface area contributed by atoms with Gasteiger partial charge in [0, 0.05) is 16.2 Å². The molecule has 1 N–H and O–H groups in total. The van der Waals surface area contributed by atoms with Crippen LogP contribution in [0.2, 0.25) is 0 Å². The van der Waals surface area contributed by atoms with Gasteiger partial charge in [0.1, 0.15) is 18.1 Å². The quantitative estimate of drug-likeness (QED) is 0.599. The molecular weight excluding hydrogens is 394 g/mol. The van der Waals surface area contributed by atoms with Crippen molar-refractivity contribution in [3.63, 3.8) is 0 Å². The van der Waals surface area contributed by atoms with E-state index in [1.165, 1.54) is 0 Å². The van der Waals surface area contributed by atoms with E-state index < -0.39 is 0 Å². The van der Waals surface area contributed by atoms with E-state index in [1.54, 1.807) is 25.3 Å². The number of amides is 1. The number of ether oxygens (including phenoxy) is 2. The molecule has 26 heavy (non-hydrogen) atoms. The van der Waals surface area contributed by atoms with Gasteiger partial charge in [-0.1, -0.05) is 52.3 Å². The number of benzene rings is 3. The van der Waals surface area contributed by atoms with Gasteiger partial charge in [0.15, 0.2) is 0 Å². The highest BCUT2D eigenvalue weighted by Gasteiger charge is 2.14. The van der Waals surface area contributed by atoms with Gasteiger partial charge in [-0.3, -0.25) is 4.79 Å². The molecule has 0 aromatic heterocycles. The van der Waals surface area contributed by atoms with Gasteiger partial charge in [-0.15, -0.1) is 0 Å². The normalized spacial score (nSPS) is 10.2. The number of carbonyl (C=O) groups excluding carboxylic acids is 1. The second kappa shape index (κ2) is 8.54. The average Bonchev–Trinajstić information content (AvgIpc) is 2.68. The smallest absolute Gasteiger partial charge is 0.259 e. The third-order valence-electron chi connectivity index (χ3n) is 3.75. The molecule has 1 amide bonds. The van der Waals surface area contributed by atoms with Crippen LogP contribution in [0, 0.1) is 0 Å². The van der Waals surface area contributed by atoms with Gasteiger partial charge in [-0.2, -0.15) is 0 Å². The molecule has 0 unspecified atom stereocenters. The highest BCUT2D eigenvalue weighted by atomic mass is 79.9. The van der Waals surface area contributed by atoms with Crippen molar-refractivity contribution in [3.8, 4) is 11.5 Å². The minimum Gasteiger partial charge on any atom is -0.497 e. The molecule has 0 aliphatic carbocycles. The lowest BCUT2D eigenvalue weighted by Crippen LogP contribution is -2.14. The molecule has 3 aromatic rings. The lowest BCUT2D eigenvalue weighted by Gasteiger charge is -2.13. The van der Waals surface area contributed by atoms with Crippen molar-refractivity contribution in [1.29, 1.82) is 0 Å². The Bertz CT molecular complexity index is 897. The average molecular weight is 412 g/mol. The fourth-order valence-corrected chi connectivity index (χ4v) is 2.80. The van der Waals surface area contributed by atoms with Gasteiger partial charge in [0.25, 0.3) is 5.91 Å². The lowest BCUT2D eigenvalue weighted by atomic mass is 10.1. The number of anilines is 1. The number of methoxy groups -OCH3 is 1. The summed E-state index contributed by atoms with van der Waals surface area (Å²) in [5, 5.41) is 2.88. The molecule has 132 valence electrons. The molecule has 0 atom stereocenters. The van der Waals surface area contributed by atoms with Gasteiger partial charge < -0.3 is 14.8 Å². The van der Waals surface area contributed by atoms with Crippen LogP contribution in [0.3, 0.4) is 0 Å².